The van der Waals surface area contributed by atoms with Crippen LogP contribution in [0.2, 0.25) is 0 Å². The first kappa shape index (κ1) is 19.7. The second kappa shape index (κ2) is 10.4. The summed E-state index contributed by atoms with van der Waals surface area (Å²) in [6, 6.07) is 6.47. The number of benzene rings is 1. The molecule has 24 heavy (non-hydrogen) atoms. The van der Waals surface area contributed by atoms with E-state index in [1.807, 2.05) is 0 Å². The van der Waals surface area contributed by atoms with Crippen molar-refractivity contribution in [3.63, 3.8) is 0 Å². The maximum atomic E-state index is 12.1. The first-order valence-electron chi connectivity index (χ1n) is 8.30. The molecule has 0 atom stereocenters. The molecule has 1 N–H and O–H groups in total. The minimum atomic E-state index is -0.394. The van der Waals surface area contributed by atoms with Gasteiger partial charge in [-0.3, -0.25) is 9.59 Å². The number of unbranched alkanes of at least 4 members (excludes halogenated alkanes) is 2. The predicted molar refractivity (Wildman–Crippen MR) is 92.8 cm³/mol. The second-order valence-electron chi connectivity index (χ2n) is 5.49. The van der Waals surface area contributed by atoms with Gasteiger partial charge in [0.15, 0.2) is 0 Å². The molecule has 2 amide bonds. The first-order valence-corrected chi connectivity index (χ1v) is 8.30. The van der Waals surface area contributed by atoms with Crippen LogP contribution >= 0.6 is 0 Å². The summed E-state index contributed by atoms with van der Waals surface area (Å²) in [5, 5.41) is 2.73. The number of amides is 2. The van der Waals surface area contributed by atoms with Crippen molar-refractivity contribution in [2.24, 2.45) is 0 Å². The molecule has 0 saturated heterocycles. The van der Waals surface area contributed by atoms with Gasteiger partial charge in [0.25, 0.3) is 0 Å². The smallest absolute Gasteiger partial charge is 0.338 e. The Morgan fingerprint density at radius 3 is 2.29 bits per heavy atom. The van der Waals surface area contributed by atoms with Crippen molar-refractivity contribution in [2.45, 2.75) is 40.0 Å². The molecule has 1 rings (SSSR count). The van der Waals surface area contributed by atoms with Crippen LogP contribution in [0.4, 0.5) is 5.69 Å². The molecule has 0 aliphatic heterocycles. The van der Waals surface area contributed by atoms with Crippen molar-refractivity contribution >= 4 is 23.5 Å². The van der Waals surface area contributed by atoms with Crippen molar-refractivity contribution in [1.82, 2.24) is 4.90 Å². The highest BCUT2D eigenvalue weighted by molar-refractivity contribution is 5.95. The fourth-order valence-corrected chi connectivity index (χ4v) is 2.18. The van der Waals surface area contributed by atoms with Crippen molar-refractivity contribution in [3.05, 3.63) is 29.8 Å². The van der Waals surface area contributed by atoms with E-state index in [1.165, 1.54) is 11.8 Å². The predicted octanol–water partition coefficient (Wildman–Crippen LogP) is 2.84. The maximum absolute atomic E-state index is 12.1. The minimum Gasteiger partial charge on any atom is -0.462 e. The quantitative estimate of drug-likeness (QED) is 0.556. The SMILES string of the molecule is CCCCCN(CC(=O)Nc1ccc(C(=O)OCC)cc1)C(C)=O. The monoisotopic (exact) mass is 334 g/mol. The highest BCUT2D eigenvalue weighted by atomic mass is 16.5. The molecule has 0 fully saturated rings. The number of anilines is 1. The van der Waals surface area contributed by atoms with Gasteiger partial charge in [-0.1, -0.05) is 19.8 Å². The zero-order valence-corrected chi connectivity index (χ0v) is 14.6. The highest BCUT2D eigenvalue weighted by Crippen LogP contribution is 2.11. The minimum absolute atomic E-state index is 0.0265. The summed E-state index contributed by atoms with van der Waals surface area (Å²) >= 11 is 0. The Bertz CT molecular complexity index is 555. The molecule has 0 heterocycles. The summed E-state index contributed by atoms with van der Waals surface area (Å²) in [5.74, 6) is -0.765. The van der Waals surface area contributed by atoms with Gasteiger partial charge in [0.1, 0.15) is 0 Å². The molecule has 0 unspecified atom stereocenters. The van der Waals surface area contributed by atoms with Crippen LogP contribution in [0, 0.1) is 0 Å². The van der Waals surface area contributed by atoms with Gasteiger partial charge >= 0.3 is 5.97 Å². The fourth-order valence-electron chi connectivity index (χ4n) is 2.18. The molecule has 0 aromatic heterocycles. The van der Waals surface area contributed by atoms with Gasteiger partial charge in [0.05, 0.1) is 18.7 Å². The number of nitrogens with zero attached hydrogens (tertiary/aromatic N) is 1. The van der Waals surface area contributed by atoms with Crippen molar-refractivity contribution in [2.75, 3.05) is 25.0 Å². The summed E-state index contributed by atoms with van der Waals surface area (Å²) in [4.78, 5) is 36.8. The van der Waals surface area contributed by atoms with E-state index in [4.69, 9.17) is 4.74 Å². The van der Waals surface area contributed by atoms with E-state index in [1.54, 1.807) is 31.2 Å². The number of hydrogen-bond acceptors (Lipinski definition) is 4. The maximum Gasteiger partial charge on any atom is 0.338 e. The molecular formula is C18H26N2O4. The number of nitrogens with one attached hydrogen (secondary N) is 1. The van der Waals surface area contributed by atoms with E-state index in [0.29, 0.717) is 24.4 Å². The van der Waals surface area contributed by atoms with Crippen molar-refractivity contribution in [1.29, 1.82) is 0 Å². The molecular weight excluding hydrogens is 308 g/mol. The van der Waals surface area contributed by atoms with Gasteiger partial charge in [-0.05, 0) is 37.6 Å². The zero-order valence-electron chi connectivity index (χ0n) is 14.6. The van der Waals surface area contributed by atoms with E-state index in [0.717, 1.165) is 19.3 Å². The second-order valence-corrected chi connectivity index (χ2v) is 5.49. The van der Waals surface area contributed by atoms with E-state index in [2.05, 4.69) is 12.2 Å². The summed E-state index contributed by atoms with van der Waals surface area (Å²) in [6.07, 6.45) is 2.98. The lowest BCUT2D eigenvalue weighted by molar-refractivity contribution is -0.132. The average molecular weight is 334 g/mol. The molecule has 1 aromatic carbocycles. The molecule has 0 spiro atoms. The molecule has 0 bridgehead atoms. The Balaban J connectivity index is 2.56. The molecule has 0 saturated carbocycles. The highest BCUT2D eigenvalue weighted by Gasteiger charge is 2.13. The van der Waals surface area contributed by atoms with Crippen LogP contribution in [0.1, 0.15) is 50.4 Å². The third-order valence-corrected chi connectivity index (χ3v) is 3.49. The number of carbonyl (C=O) groups excluding carboxylic acids is 3. The van der Waals surface area contributed by atoms with Gasteiger partial charge in [0.2, 0.25) is 11.8 Å². The van der Waals surface area contributed by atoms with E-state index in [-0.39, 0.29) is 18.4 Å². The topological polar surface area (TPSA) is 75.7 Å². The Kier molecular flexibility index (Phi) is 8.54. The lowest BCUT2D eigenvalue weighted by Gasteiger charge is -2.20. The standard InChI is InChI=1S/C18H26N2O4/c1-4-6-7-12-20(14(3)21)13-17(22)19-16-10-8-15(9-11-16)18(23)24-5-2/h8-11H,4-7,12-13H2,1-3H3,(H,19,22). The fraction of sp³-hybridized carbons (Fsp3) is 0.500. The van der Waals surface area contributed by atoms with E-state index >= 15 is 0 Å². The normalized spacial score (nSPS) is 10.1. The number of carbonyl (C=O) groups is 3. The van der Waals surface area contributed by atoms with Crippen LogP contribution < -0.4 is 5.32 Å². The molecule has 0 radical (unpaired) electrons. The number of esters is 1. The molecule has 0 aliphatic carbocycles. The Morgan fingerprint density at radius 1 is 1.08 bits per heavy atom. The van der Waals surface area contributed by atoms with Gasteiger partial charge in [0, 0.05) is 19.2 Å². The average Bonchev–Trinajstić information content (AvgIpc) is 2.54. The van der Waals surface area contributed by atoms with Gasteiger partial charge in [-0.25, -0.2) is 4.79 Å². The first-order chi connectivity index (χ1) is 11.5. The van der Waals surface area contributed by atoms with E-state index < -0.39 is 5.97 Å². The van der Waals surface area contributed by atoms with Crippen LogP contribution in [0.15, 0.2) is 24.3 Å². The lowest BCUT2D eigenvalue weighted by Crippen LogP contribution is -2.37. The number of rotatable bonds is 9. The summed E-state index contributed by atoms with van der Waals surface area (Å²) < 4.78 is 4.90. The molecule has 1 aromatic rings. The largest absolute Gasteiger partial charge is 0.462 e. The molecule has 0 aliphatic rings. The summed E-state index contributed by atoms with van der Waals surface area (Å²) in [6.45, 7) is 6.22. The van der Waals surface area contributed by atoms with Gasteiger partial charge in [-0.2, -0.15) is 0 Å². The van der Waals surface area contributed by atoms with Crippen LogP contribution in [0.5, 0.6) is 0 Å². The van der Waals surface area contributed by atoms with Crippen LogP contribution in [-0.4, -0.2) is 42.4 Å². The Morgan fingerprint density at radius 2 is 1.75 bits per heavy atom. The summed E-state index contributed by atoms with van der Waals surface area (Å²) in [7, 11) is 0. The number of ether oxygens (including phenoxy) is 1. The van der Waals surface area contributed by atoms with Gasteiger partial charge in [-0.15, -0.1) is 0 Å². The number of hydrogen-bond donors (Lipinski definition) is 1. The van der Waals surface area contributed by atoms with Gasteiger partial charge < -0.3 is 15.0 Å². The zero-order chi connectivity index (χ0) is 17.9. The third-order valence-electron chi connectivity index (χ3n) is 3.49. The Hall–Kier alpha value is -2.37. The van der Waals surface area contributed by atoms with E-state index in [9.17, 15) is 14.4 Å². The van der Waals surface area contributed by atoms with Crippen molar-refractivity contribution in [3.8, 4) is 0 Å². The summed E-state index contributed by atoms with van der Waals surface area (Å²) in [5.41, 5.74) is 1.00. The van der Waals surface area contributed by atoms with Crippen molar-refractivity contribution < 1.29 is 19.1 Å². The molecule has 6 heteroatoms. The Labute approximate surface area is 143 Å². The van der Waals surface area contributed by atoms with Crippen LogP contribution in [0.3, 0.4) is 0 Å². The lowest BCUT2D eigenvalue weighted by atomic mass is 10.2. The molecule has 132 valence electrons. The van der Waals surface area contributed by atoms with Crippen LogP contribution in [0.25, 0.3) is 0 Å². The van der Waals surface area contributed by atoms with Crippen LogP contribution in [-0.2, 0) is 14.3 Å². The third kappa shape index (κ3) is 6.81. The molecule has 6 nitrogen and oxygen atoms in total.